The minimum absolute atomic E-state index is 0.00230. The largest absolute Gasteiger partial charge is 0.492 e. The van der Waals surface area contributed by atoms with Crippen LogP contribution >= 0.6 is 24.0 Å². The second-order valence-corrected chi connectivity index (χ2v) is 7.41. The van der Waals surface area contributed by atoms with Gasteiger partial charge in [-0.05, 0) is 36.5 Å². The predicted molar refractivity (Wildman–Crippen MR) is 111 cm³/mol. The van der Waals surface area contributed by atoms with Crippen molar-refractivity contribution < 1.29 is 24.2 Å². The summed E-state index contributed by atoms with van der Waals surface area (Å²) in [6.45, 7) is 0.00230. The molecule has 0 bridgehead atoms. The van der Waals surface area contributed by atoms with Gasteiger partial charge in [-0.2, -0.15) is 5.01 Å². The van der Waals surface area contributed by atoms with E-state index in [0.717, 1.165) is 16.8 Å². The van der Waals surface area contributed by atoms with Crippen LogP contribution in [0.3, 0.4) is 0 Å². The fourth-order valence-corrected chi connectivity index (χ4v) is 3.52. The van der Waals surface area contributed by atoms with Crippen LogP contribution in [0.2, 0.25) is 0 Å². The quantitative estimate of drug-likeness (QED) is 0.510. The molecule has 0 saturated carbocycles. The molecular weight excluding hydrogens is 414 g/mol. The Balaban J connectivity index is 1.75. The van der Waals surface area contributed by atoms with Crippen LogP contribution in [-0.4, -0.2) is 43.8 Å². The molecule has 8 nitrogen and oxygen atoms in total. The van der Waals surface area contributed by atoms with E-state index in [1.807, 2.05) is 0 Å². The van der Waals surface area contributed by atoms with Crippen LogP contribution in [0.4, 0.5) is 0 Å². The Bertz CT molecular complexity index is 994. The molecule has 2 N–H and O–H groups in total. The number of ether oxygens (including phenoxy) is 1. The lowest BCUT2D eigenvalue weighted by atomic mass is 10.2. The Morgan fingerprint density at radius 3 is 2.79 bits per heavy atom. The number of aromatic nitrogens is 1. The fourth-order valence-electron chi connectivity index (χ4n) is 2.35. The number of hydrogen-bond donors (Lipinski definition) is 2. The number of carboxylic acids is 1. The molecule has 2 amide bonds. The second-order valence-electron chi connectivity index (χ2n) is 5.73. The molecule has 0 unspecified atom stereocenters. The van der Waals surface area contributed by atoms with Crippen LogP contribution in [0.25, 0.3) is 6.08 Å². The molecule has 0 aliphatic carbocycles. The van der Waals surface area contributed by atoms with Gasteiger partial charge in [0.2, 0.25) is 0 Å². The van der Waals surface area contributed by atoms with Crippen molar-refractivity contribution in [3.05, 3.63) is 64.8 Å². The van der Waals surface area contributed by atoms with Crippen molar-refractivity contribution in [2.45, 2.75) is 6.42 Å². The molecule has 1 aromatic heterocycles. The van der Waals surface area contributed by atoms with Crippen molar-refractivity contribution in [3.8, 4) is 5.75 Å². The molecule has 0 spiro atoms. The third-order valence-electron chi connectivity index (χ3n) is 3.71. The molecule has 10 heteroatoms. The average molecular weight is 429 g/mol. The van der Waals surface area contributed by atoms with E-state index in [0.29, 0.717) is 21.8 Å². The highest BCUT2D eigenvalue weighted by atomic mass is 32.2. The van der Waals surface area contributed by atoms with E-state index in [4.69, 9.17) is 22.1 Å². The molecule has 29 heavy (non-hydrogen) atoms. The van der Waals surface area contributed by atoms with E-state index >= 15 is 0 Å². The monoisotopic (exact) mass is 429 g/mol. The number of aliphatic carboxylic acids is 1. The first kappa shape index (κ1) is 20.5. The van der Waals surface area contributed by atoms with E-state index in [1.165, 1.54) is 12.4 Å². The van der Waals surface area contributed by atoms with Gasteiger partial charge in [0.25, 0.3) is 11.8 Å². The number of nitrogens with zero attached hydrogens (tertiary/aromatic N) is 2. The van der Waals surface area contributed by atoms with Gasteiger partial charge in [-0.1, -0.05) is 30.0 Å². The smallest absolute Gasteiger partial charge is 0.306 e. The Labute approximate surface area is 175 Å². The molecular formula is C19H15N3O5S2. The number of carbonyl (C=O) groups excluding carboxylic acids is 2. The molecule has 3 rings (SSSR count). The first-order chi connectivity index (χ1) is 14.0. The standard InChI is InChI=1S/C19H15N3O5S2/c23-16(24)7-9-27-14-6-2-1-4-12(14)10-15-18(26)22(19(28)29-15)21-17(25)13-5-3-8-20-11-13/h1-6,8,10-11H,7,9H2,(H,21,25)(H,23,24)/b15-10+. The number of pyridine rings is 1. The number of nitrogens with one attached hydrogen (secondary N) is 1. The highest BCUT2D eigenvalue weighted by Gasteiger charge is 2.34. The van der Waals surface area contributed by atoms with Crippen molar-refractivity contribution in [1.29, 1.82) is 0 Å². The van der Waals surface area contributed by atoms with Gasteiger partial charge in [0.15, 0.2) is 4.32 Å². The van der Waals surface area contributed by atoms with E-state index in [2.05, 4.69) is 10.4 Å². The van der Waals surface area contributed by atoms with Gasteiger partial charge in [0.05, 0.1) is 23.5 Å². The van der Waals surface area contributed by atoms with Crippen LogP contribution in [0.15, 0.2) is 53.7 Å². The zero-order chi connectivity index (χ0) is 20.8. The summed E-state index contributed by atoms with van der Waals surface area (Å²) in [4.78, 5) is 39.8. The number of thiocarbonyl (C=S) groups is 1. The minimum Gasteiger partial charge on any atom is -0.492 e. The van der Waals surface area contributed by atoms with Crippen molar-refractivity contribution in [2.24, 2.45) is 0 Å². The third kappa shape index (κ3) is 5.18. The zero-order valence-electron chi connectivity index (χ0n) is 14.9. The number of hydrogen-bond acceptors (Lipinski definition) is 7. The summed E-state index contributed by atoms with van der Waals surface area (Å²) in [5, 5.41) is 9.75. The first-order valence-corrected chi connectivity index (χ1v) is 9.61. The van der Waals surface area contributed by atoms with E-state index in [-0.39, 0.29) is 17.3 Å². The van der Waals surface area contributed by atoms with Crippen molar-refractivity contribution in [3.63, 3.8) is 0 Å². The third-order valence-corrected chi connectivity index (χ3v) is 5.01. The number of benzene rings is 1. The minimum atomic E-state index is -0.965. The molecule has 2 aromatic rings. The topological polar surface area (TPSA) is 109 Å². The van der Waals surface area contributed by atoms with Crippen LogP contribution in [0.1, 0.15) is 22.3 Å². The number of amides is 2. The molecule has 1 aliphatic heterocycles. The summed E-state index contributed by atoms with van der Waals surface area (Å²) < 4.78 is 5.68. The SMILES string of the molecule is O=C(O)CCOc1ccccc1/C=C1/SC(=S)N(NC(=O)c2cccnc2)C1=O. The normalized spacial score (nSPS) is 14.9. The lowest BCUT2D eigenvalue weighted by Gasteiger charge is -2.15. The Kier molecular flexibility index (Phi) is 6.57. The zero-order valence-corrected chi connectivity index (χ0v) is 16.5. The summed E-state index contributed by atoms with van der Waals surface area (Å²) in [5.74, 6) is -1.50. The summed E-state index contributed by atoms with van der Waals surface area (Å²) in [5.41, 5.74) is 3.37. The maximum Gasteiger partial charge on any atom is 0.306 e. The number of hydrazine groups is 1. The molecule has 0 atom stereocenters. The Morgan fingerprint density at radius 1 is 1.28 bits per heavy atom. The second kappa shape index (κ2) is 9.30. The highest BCUT2D eigenvalue weighted by molar-refractivity contribution is 8.26. The number of rotatable bonds is 7. The number of carboxylic acid groups (broad SMARTS) is 1. The van der Waals surface area contributed by atoms with E-state index in [1.54, 1.807) is 42.5 Å². The van der Waals surface area contributed by atoms with Gasteiger partial charge in [-0.25, -0.2) is 0 Å². The summed E-state index contributed by atoms with van der Waals surface area (Å²) >= 11 is 6.25. The highest BCUT2D eigenvalue weighted by Crippen LogP contribution is 2.33. The number of para-hydroxylation sites is 1. The molecule has 1 aliphatic rings. The molecule has 0 radical (unpaired) electrons. The summed E-state index contributed by atoms with van der Waals surface area (Å²) in [7, 11) is 0. The lowest BCUT2D eigenvalue weighted by molar-refractivity contribution is -0.137. The van der Waals surface area contributed by atoms with Crippen LogP contribution in [0.5, 0.6) is 5.75 Å². The van der Waals surface area contributed by atoms with Crippen LogP contribution in [-0.2, 0) is 9.59 Å². The van der Waals surface area contributed by atoms with Gasteiger partial charge in [-0.3, -0.25) is 24.8 Å². The van der Waals surface area contributed by atoms with Gasteiger partial charge in [-0.15, -0.1) is 0 Å². The number of thioether (sulfide) groups is 1. The van der Waals surface area contributed by atoms with Crippen molar-refractivity contribution in [2.75, 3.05) is 6.61 Å². The molecule has 1 saturated heterocycles. The van der Waals surface area contributed by atoms with Crippen LogP contribution < -0.4 is 10.2 Å². The maximum atomic E-state index is 12.7. The molecule has 1 fully saturated rings. The van der Waals surface area contributed by atoms with Crippen molar-refractivity contribution >= 4 is 52.2 Å². The number of carbonyl (C=O) groups is 3. The summed E-state index contributed by atoms with van der Waals surface area (Å²) in [6, 6.07) is 10.1. The fraction of sp³-hybridized carbons (Fsp3) is 0.105. The van der Waals surface area contributed by atoms with Crippen LogP contribution in [0, 0.1) is 0 Å². The van der Waals surface area contributed by atoms with Gasteiger partial charge in [0.1, 0.15) is 5.75 Å². The molecule has 2 heterocycles. The van der Waals surface area contributed by atoms with E-state index < -0.39 is 17.8 Å². The predicted octanol–water partition coefficient (Wildman–Crippen LogP) is 2.48. The Morgan fingerprint density at radius 2 is 2.07 bits per heavy atom. The molecule has 148 valence electrons. The van der Waals surface area contributed by atoms with Gasteiger partial charge >= 0.3 is 5.97 Å². The summed E-state index contributed by atoms with van der Waals surface area (Å²) in [6.07, 6.45) is 4.37. The Hall–Kier alpha value is -3.24. The van der Waals surface area contributed by atoms with Crippen molar-refractivity contribution in [1.82, 2.24) is 15.4 Å². The lowest BCUT2D eigenvalue weighted by Crippen LogP contribution is -2.44. The van der Waals surface area contributed by atoms with E-state index in [9.17, 15) is 14.4 Å². The maximum absolute atomic E-state index is 12.7. The van der Waals surface area contributed by atoms with Gasteiger partial charge in [0, 0.05) is 18.0 Å². The average Bonchev–Trinajstić information content (AvgIpc) is 2.97. The molecule has 1 aromatic carbocycles. The van der Waals surface area contributed by atoms with Gasteiger partial charge < -0.3 is 9.84 Å². The first-order valence-electron chi connectivity index (χ1n) is 8.38.